The number of anilines is 1. The standard InChI is InChI=1S/C18H18BrN3O/c1-13-8-10-14(11-9-13)20-12-16-17(19)18(23)22(21(16)2)15-6-4-3-5-7-15/h3-11,20H,12H2,1-2H3. The molecule has 1 heterocycles. The minimum Gasteiger partial charge on any atom is -0.379 e. The zero-order valence-electron chi connectivity index (χ0n) is 13.1. The van der Waals surface area contributed by atoms with Crippen LogP contribution in [0.3, 0.4) is 0 Å². The van der Waals surface area contributed by atoms with Crippen molar-refractivity contribution in [2.45, 2.75) is 13.5 Å². The summed E-state index contributed by atoms with van der Waals surface area (Å²) in [4.78, 5) is 12.5. The first-order valence-electron chi connectivity index (χ1n) is 7.40. The van der Waals surface area contributed by atoms with Gasteiger partial charge in [-0.2, -0.15) is 0 Å². The van der Waals surface area contributed by atoms with Gasteiger partial charge in [-0.25, -0.2) is 4.68 Å². The van der Waals surface area contributed by atoms with Crippen LogP contribution in [0.25, 0.3) is 5.69 Å². The van der Waals surface area contributed by atoms with Crippen LogP contribution in [-0.4, -0.2) is 9.36 Å². The lowest BCUT2D eigenvalue weighted by Gasteiger charge is -2.11. The number of aromatic nitrogens is 2. The molecule has 118 valence electrons. The monoisotopic (exact) mass is 371 g/mol. The van der Waals surface area contributed by atoms with Crippen LogP contribution in [0.5, 0.6) is 0 Å². The summed E-state index contributed by atoms with van der Waals surface area (Å²) in [6.45, 7) is 2.62. The van der Waals surface area contributed by atoms with Gasteiger partial charge in [0.15, 0.2) is 0 Å². The van der Waals surface area contributed by atoms with Gasteiger partial charge in [0.2, 0.25) is 0 Å². The van der Waals surface area contributed by atoms with E-state index in [1.165, 1.54) is 5.56 Å². The molecule has 2 aromatic carbocycles. The molecule has 0 saturated heterocycles. The van der Waals surface area contributed by atoms with E-state index in [4.69, 9.17) is 0 Å². The number of rotatable bonds is 4. The van der Waals surface area contributed by atoms with E-state index in [9.17, 15) is 4.79 Å². The molecule has 0 spiro atoms. The molecule has 0 aliphatic rings. The lowest BCUT2D eigenvalue weighted by Crippen LogP contribution is -2.20. The quantitative estimate of drug-likeness (QED) is 0.756. The second kappa shape index (κ2) is 6.46. The first-order chi connectivity index (χ1) is 11.1. The predicted octanol–water partition coefficient (Wildman–Crippen LogP) is 3.86. The van der Waals surface area contributed by atoms with Gasteiger partial charge in [-0.3, -0.25) is 9.48 Å². The Morgan fingerprint density at radius 2 is 1.70 bits per heavy atom. The topological polar surface area (TPSA) is 39.0 Å². The van der Waals surface area contributed by atoms with Gasteiger partial charge in [0.1, 0.15) is 4.47 Å². The van der Waals surface area contributed by atoms with E-state index in [1.807, 2.05) is 54.2 Å². The summed E-state index contributed by atoms with van der Waals surface area (Å²) in [5.41, 5.74) is 3.95. The Morgan fingerprint density at radius 1 is 1.04 bits per heavy atom. The van der Waals surface area contributed by atoms with E-state index < -0.39 is 0 Å². The number of hydrogen-bond donors (Lipinski definition) is 1. The van der Waals surface area contributed by atoms with E-state index in [-0.39, 0.29) is 5.56 Å². The van der Waals surface area contributed by atoms with Crippen LogP contribution in [0.15, 0.2) is 63.9 Å². The highest BCUT2D eigenvalue weighted by Gasteiger charge is 2.16. The lowest BCUT2D eigenvalue weighted by molar-refractivity contribution is 0.620. The van der Waals surface area contributed by atoms with Crippen molar-refractivity contribution in [3.05, 3.63) is 80.7 Å². The zero-order valence-corrected chi connectivity index (χ0v) is 14.7. The zero-order chi connectivity index (χ0) is 16.4. The molecule has 0 unspecified atom stereocenters. The molecule has 0 bridgehead atoms. The normalized spacial score (nSPS) is 10.7. The summed E-state index contributed by atoms with van der Waals surface area (Å²) in [5.74, 6) is 0. The molecule has 0 aliphatic heterocycles. The third kappa shape index (κ3) is 3.10. The number of benzene rings is 2. The Hall–Kier alpha value is -2.27. The van der Waals surface area contributed by atoms with Gasteiger partial charge in [-0.1, -0.05) is 35.9 Å². The predicted molar refractivity (Wildman–Crippen MR) is 97.2 cm³/mol. The van der Waals surface area contributed by atoms with Gasteiger partial charge >= 0.3 is 0 Å². The first kappa shape index (κ1) is 15.6. The van der Waals surface area contributed by atoms with Crippen LogP contribution >= 0.6 is 15.9 Å². The highest BCUT2D eigenvalue weighted by Crippen LogP contribution is 2.18. The van der Waals surface area contributed by atoms with Crippen LogP contribution in [-0.2, 0) is 13.6 Å². The Labute approximate surface area is 143 Å². The van der Waals surface area contributed by atoms with E-state index in [0.29, 0.717) is 11.0 Å². The van der Waals surface area contributed by atoms with Gasteiger partial charge in [-0.15, -0.1) is 0 Å². The fraction of sp³-hybridized carbons (Fsp3) is 0.167. The van der Waals surface area contributed by atoms with Crippen molar-refractivity contribution in [2.75, 3.05) is 5.32 Å². The molecule has 0 amide bonds. The molecular formula is C18H18BrN3O. The summed E-state index contributed by atoms with van der Waals surface area (Å²) in [6, 6.07) is 17.8. The number of nitrogens with zero attached hydrogens (tertiary/aromatic N) is 2. The molecule has 1 N–H and O–H groups in total. The van der Waals surface area contributed by atoms with Crippen molar-refractivity contribution in [3.8, 4) is 5.69 Å². The van der Waals surface area contributed by atoms with Crippen molar-refractivity contribution in [1.82, 2.24) is 9.36 Å². The minimum atomic E-state index is -0.0561. The van der Waals surface area contributed by atoms with Gasteiger partial charge in [0, 0.05) is 12.7 Å². The maximum absolute atomic E-state index is 12.5. The molecule has 4 nitrogen and oxygen atoms in total. The number of halogens is 1. The second-order valence-electron chi connectivity index (χ2n) is 5.46. The Morgan fingerprint density at radius 3 is 2.35 bits per heavy atom. The van der Waals surface area contributed by atoms with Crippen LogP contribution in [0, 0.1) is 6.92 Å². The summed E-state index contributed by atoms with van der Waals surface area (Å²) >= 11 is 3.44. The SMILES string of the molecule is Cc1ccc(NCc2c(Br)c(=O)n(-c3ccccc3)n2C)cc1. The van der Waals surface area contributed by atoms with Crippen LogP contribution < -0.4 is 10.9 Å². The van der Waals surface area contributed by atoms with Gasteiger partial charge in [0.05, 0.1) is 17.9 Å². The fourth-order valence-electron chi connectivity index (χ4n) is 2.52. The number of para-hydroxylation sites is 1. The van der Waals surface area contributed by atoms with Crippen molar-refractivity contribution in [1.29, 1.82) is 0 Å². The maximum Gasteiger partial charge on any atom is 0.286 e. The molecule has 1 aromatic heterocycles. The first-order valence-corrected chi connectivity index (χ1v) is 8.19. The van der Waals surface area contributed by atoms with Crippen molar-refractivity contribution < 1.29 is 0 Å². The van der Waals surface area contributed by atoms with Crippen LogP contribution in [0.1, 0.15) is 11.3 Å². The molecule has 3 aromatic rings. The highest BCUT2D eigenvalue weighted by atomic mass is 79.9. The molecule has 0 fully saturated rings. The largest absolute Gasteiger partial charge is 0.379 e. The minimum absolute atomic E-state index is 0.0561. The molecule has 0 saturated carbocycles. The van der Waals surface area contributed by atoms with E-state index >= 15 is 0 Å². The van der Waals surface area contributed by atoms with Gasteiger partial charge in [0.25, 0.3) is 5.56 Å². The smallest absolute Gasteiger partial charge is 0.286 e. The van der Waals surface area contributed by atoms with E-state index in [2.05, 4.69) is 40.3 Å². The number of hydrogen-bond acceptors (Lipinski definition) is 2. The molecule has 0 radical (unpaired) electrons. The fourth-order valence-corrected chi connectivity index (χ4v) is 3.09. The second-order valence-corrected chi connectivity index (χ2v) is 6.25. The Bertz CT molecular complexity index is 864. The number of nitrogens with one attached hydrogen (secondary N) is 1. The van der Waals surface area contributed by atoms with E-state index in [1.54, 1.807) is 4.68 Å². The maximum atomic E-state index is 12.5. The summed E-state index contributed by atoms with van der Waals surface area (Å²) in [5, 5.41) is 3.36. The van der Waals surface area contributed by atoms with E-state index in [0.717, 1.165) is 17.1 Å². The molecule has 23 heavy (non-hydrogen) atoms. The molecule has 3 rings (SSSR count). The third-order valence-electron chi connectivity index (χ3n) is 3.84. The molecular weight excluding hydrogens is 354 g/mol. The third-order valence-corrected chi connectivity index (χ3v) is 4.63. The lowest BCUT2D eigenvalue weighted by atomic mass is 10.2. The van der Waals surface area contributed by atoms with Gasteiger partial charge in [-0.05, 0) is 47.1 Å². The van der Waals surface area contributed by atoms with Crippen molar-refractivity contribution >= 4 is 21.6 Å². The molecule has 0 aliphatic carbocycles. The average Bonchev–Trinajstić information content (AvgIpc) is 2.78. The summed E-state index contributed by atoms with van der Waals surface area (Å²) in [6.07, 6.45) is 0. The van der Waals surface area contributed by atoms with Crippen LogP contribution in [0.4, 0.5) is 5.69 Å². The van der Waals surface area contributed by atoms with Gasteiger partial charge < -0.3 is 5.32 Å². The van der Waals surface area contributed by atoms with Crippen LogP contribution in [0.2, 0.25) is 0 Å². The summed E-state index contributed by atoms with van der Waals surface area (Å²) < 4.78 is 4.13. The van der Waals surface area contributed by atoms with Crippen molar-refractivity contribution in [2.24, 2.45) is 7.05 Å². The number of aryl methyl sites for hydroxylation is 1. The Balaban J connectivity index is 1.92. The van der Waals surface area contributed by atoms with Crippen molar-refractivity contribution in [3.63, 3.8) is 0 Å². The summed E-state index contributed by atoms with van der Waals surface area (Å²) in [7, 11) is 1.89. The molecule has 5 heteroatoms. The highest BCUT2D eigenvalue weighted by molar-refractivity contribution is 9.10. The molecule has 0 atom stereocenters. The Kier molecular flexibility index (Phi) is 4.39. The average molecular weight is 372 g/mol.